The Labute approximate surface area is 202 Å². The predicted molar refractivity (Wildman–Crippen MR) is 130 cm³/mol. The number of hydrogen-bond donors (Lipinski definition) is 1. The number of para-hydroxylation sites is 1. The summed E-state index contributed by atoms with van der Waals surface area (Å²) >= 11 is 0. The molecule has 8 heteroatoms. The molecule has 4 rings (SSSR count). The third-order valence-electron chi connectivity index (χ3n) is 5.48. The fourth-order valence-corrected chi connectivity index (χ4v) is 3.68. The fourth-order valence-electron chi connectivity index (χ4n) is 3.68. The van der Waals surface area contributed by atoms with Gasteiger partial charge in [0.05, 0.1) is 19.2 Å². The van der Waals surface area contributed by atoms with Gasteiger partial charge in [0.2, 0.25) is 5.91 Å². The monoisotopic (exact) mass is 469 g/mol. The van der Waals surface area contributed by atoms with Crippen LogP contribution < -0.4 is 15.1 Å². The van der Waals surface area contributed by atoms with Crippen LogP contribution in [0.15, 0.2) is 91.0 Å². The maximum atomic E-state index is 13.3. The Morgan fingerprint density at radius 2 is 1.57 bits per heavy atom. The van der Waals surface area contributed by atoms with Crippen LogP contribution in [0.2, 0.25) is 0 Å². The van der Waals surface area contributed by atoms with E-state index in [9.17, 15) is 19.2 Å². The van der Waals surface area contributed by atoms with Gasteiger partial charge in [-0.15, -0.1) is 0 Å². The van der Waals surface area contributed by atoms with Crippen molar-refractivity contribution >= 4 is 35.4 Å². The molecule has 1 fully saturated rings. The number of rotatable bonds is 6. The number of carbonyl (C=O) groups excluding carboxylic acids is 4. The lowest BCUT2D eigenvalue weighted by molar-refractivity contribution is -0.136. The Bertz CT molecular complexity index is 1260. The minimum Gasteiger partial charge on any atom is -0.497 e. The summed E-state index contributed by atoms with van der Waals surface area (Å²) in [6, 6.07) is 22.7. The number of carbonyl (C=O) groups is 4. The Hall–Kier alpha value is -4.72. The first-order chi connectivity index (χ1) is 17.0. The van der Waals surface area contributed by atoms with Crippen molar-refractivity contribution in [1.82, 2.24) is 10.4 Å². The van der Waals surface area contributed by atoms with Crippen molar-refractivity contribution in [3.8, 4) is 5.75 Å². The number of ether oxygens (including phenoxy) is 1. The highest BCUT2D eigenvalue weighted by atomic mass is 16.5. The molecule has 176 valence electrons. The molecule has 3 aromatic rings. The van der Waals surface area contributed by atoms with Crippen molar-refractivity contribution in [3.05, 3.63) is 102 Å². The van der Waals surface area contributed by atoms with Crippen LogP contribution in [0.3, 0.4) is 0 Å². The molecule has 3 aromatic carbocycles. The standard InChI is InChI=1S/C27H23N3O5/c1-35-22-15-13-20(14-16-22)26(33)28-30(24(31)17-12-19-8-4-2-5-9-19)23-18-25(32)29(27(23)34)21-10-6-3-7-11-21/h2-17,23H,18H2,1H3,(H,28,33). The van der Waals surface area contributed by atoms with E-state index in [1.807, 2.05) is 30.3 Å². The molecule has 1 heterocycles. The average Bonchev–Trinajstić information content (AvgIpc) is 3.20. The van der Waals surface area contributed by atoms with Gasteiger partial charge in [0.25, 0.3) is 17.7 Å². The molecule has 1 N–H and O–H groups in total. The Morgan fingerprint density at radius 3 is 2.20 bits per heavy atom. The number of hydrazine groups is 1. The van der Waals surface area contributed by atoms with Crippen molar-refractivity contribution in [2.75, 3.05) is 12.0 Å². The lowest BCUT2D eigenvalue weighted by Crippen LogP contribution is -2.54. The number of anilines is 1. The highest BCUT2D eigenvalue weighted by Crippen LogP contribution is 2.25. The lowest BCUT2D eigenvalue weighted by Gasteiger charge is -2.27. The molecule has 4 amide bonds. The topological polar surface area (TPSA) is 96.0 Å². The summed E-state index contributed by atoms with van der Waals surface area (Å²) in [6.45, 7) is 0. The molecule has 1 aliphatic heterocycles. The molecule has 0 aromatic heterocycles. The highest BCUT2D eigenvalue weighted by molar-refractivity contribution is 6.23. The summed E-state index contributed by atoms with van der Waals surface area (Å²) in [6.07, 6.45) is 2.57. The van der Waals surface area contributed by atoms with Crippen LogP contribution in [0, 0.1) is 0 Å². The van der Waals surface area contributed by atoms with Crippen LogP contribution in [0.25, 0.3) is 6.08 Å². The molecule has 0 saturated carbocycles. The van der Waals surface area contributed by atoms with Gasteiger partial charge in [-0.1, -0.05) is 48.5 Å². The van der Waals surface area contributed by atoms with Crippen LogP contribution in [-0.2, 0) is 14.4 Å². The molecule has 8 nitrogen and oxygen atoms in total. The Morgan fingerprint density at radius 1 is 0.943 bits per heavy atom. The van der Waals surface area contributed by atoms with Crippen LogP contribution in [0.5, 0.6) is 5.75 Å². The zero-order valence-electron chi connectivity index (χ0n) is 19.0. The van der Waals surface area contributed by atoms with Crippen LogP contribution in [-0.4, -0.2) is 41.8 Å². The van der Waals surface area contributed by atoms with Gasteiger partial charge in [0, 0.05) is 11.6 Å². The first-order valence-electron chi connectivity index (χ1n) is 10.9. The van der Waals surface area contributed by atoms with E-state index < -0.39 is 29.7 Å². The van der Waals surface area contributed by atoms with Gasteiger partial charge >= 0.3 is 0 Å². The van der Waals surface area contributed by atoms with E-state index >= 15 is 0 Å². The molecule has 0 aliphatic carbocycles. The van der Waals surface area contributed by atoms with Gasteiger partial charge < -0.3 is 4.74 Å². The van der Waals surface area contributed by atoms with E-state index in [4.69, 9.17) is 4.74 Å². The van der Waals surface area contributed by atoms with E-state index in [1.54, 1.807) is 48.5 Å². The van der Waals surface area contributed by atoms with Crippen LogP contribution in [0.1, 0.15) is 22.3 Å². The van der Waals surface area contributed by atoms with Crippen LogP contribution >= 0.6 is 0 Å². The molecule has 1 aliphatic rings. The first kappa shape index (κ1) is 23.4. The third kappa shape index (κ3) is 5.27. The van der Waals surface area contributed by atoms with Crippen LogP contribution in [0.4, 0.5) is 5.69 Å². The van der Waals surface area contributed by atoms with Crippen molar-refractivity contribution in [2.45, 2.75) is 12.5 Å². The van der Waals surface area contributed by atoms with Gasteiger partial charge in [-0.2, -0.15) is 0 Å². The van der Waals surface area contributed by atoms with Gasteiger partial charge in [-0.3, -0.25) is 24.6 Å². The number of methoxy groups -OCH3 is 1. The quantitative estimate of drug-likeness (QED) is 0.340. The Balaban J connectivity index is 1.62. The van der Waals surface area contributed by atoms with E-state index in [0.717, 1.165) is 15.5 Å². The summed E-state index contributed by atoms with van der Waals surface area (Å²) in [5.41, 5.74) is 3.95. The Kier molecular flexibility index (Phi) is 7.02. The van der Waals surface area contributed by atoms with Gasteiger partial charge in [0.1, 0.15) is 11.8 Å². The maximum Gasteiger partial charge on any atom is 0.269 e. The largest absolute Gasteiger partial charge is 0.497 e. The molecular weight excluding hydrogens is 446 g/mol. The average molecular weight is 469 g/mol. The van der Waals surface area contributed by atoms with Crippen molar-refractivity contribution in [1.29, 1.82) is 0 Å². The molecule has 1 saturated heterocycles. The molecule has 1 unspecified atom stereocenters. The van der Waals surface area contributed by atoms with E-state index in [1.165, 1.54) is 25.3 Å². The molecule has 0 bridgehead atoms. The number of nitrogens with one attached hydrogen (secondary N) is 1. The second-order valence-electron chi connectivity index (χ2n) is 7.74. The summed E-state index contributed by atoms with van der Waals surface area (Å²) in [7, 11) is 1.51. The zero-order valence-corrected chi connectivity index (χ0v) is 19.0. The number of hydrogen-bond acceptors (Lipinski definition) is 5. The number of amides is 4. The van der Waals surface area contributed by atoms with Crippen molar-refractivity contribution < 1.29 is 23.9 Å². The highest BCUT2D eigenvalue weighted by Gasteiger charge is 2.45. The van der Waals surface area contributed by atoms with Gasteiger partial charge in [0.15, 0.2) is 0 Å². The minimum absolute atomic E-state index is 0.257. The smallest absolute Gasteiger partial charge is 0.269 e. The second-order valence-corrected chi connectivity index (χ2v) is 7.74. The van der Waals surface area contributed by atoms with E-state index in [0.29, 0.717) is 11.4 Å². The van der Waals surface area contributed by atoms with Gasteiger partial charge in [-0.05, 0) is 48.0 Å². The summed E-state index contributed by atoms with van der Waals surface area (Å²) < 4.78 is 5.11. The van der Waals surface area contributed by atoms with Gasteiger partial charge in [-0.25, -0.2) is 9.91 Å². The third-order valence-corrected chi connectivity index (χ3v) is 5.48. The molecule has 1 atom stereocenters. The van der Waals surface area contributed by atoms with Crippen molar-refractivity contribution in [3.63, 3.8) is 0 Å². The zero-order chi connectivity index (χ0) is 24.8. The minimum atomic E-state index is -1.20. The lowest BCUT2D eigenvalue weighted by atomic mass is 10.2. The maximum absolute atomic E-state index is 13.3. The first-order valence-corrected chi connectivity index (χ1v) is 10.9. The van der Waals surface area contributed by atoms with E-state index in [-0.39, 0.29) is 12.0 Å². The summed E-state index contributed by atoms with van der Waals surface area (Å²) in [5, 5.41) is 0.926. The molecule has 35 heavy (non-hydrogen) atoms. The predicted octanol–water partition coefficient (Wildman–Crippen LogP) is 3.21. The molecule has 0 spiro atoms. The van der Waals surface area contributed by atoms with Crippen molar-refractivity contribution in [2.24, 2.45) is 0 Å². The fraction of sp³-hybridized carbons (Fsp3) is 0.111. The summed E-state index contributed by atoms with van der Waals surface area (Å²) in [5.74, 6) is -1.74. The number of benzene rings is 3. The molecule has 0 radical (unpaired) electrons. The summed E-state index contributed by atoms with van der Waals surface area (Å²) in [4.78, 5) is 53.2. The van der Waals surface area contributed by atoms with E-state index in [2.05, 4.69) is 5.43 Å². The number of nitrogens with zero attached hydrogens (tertiary/aromatic N) is 2. The number of imide groups is 1. The molecular formula is C27H23N3O5. The second kappa shape index (κ2) is 10.5. The SMILES string of the molecule is COc1ccc(C(=O)NN(C(=O)C=Cc2ccccc2)C2CC(=O)N(c3ccccc3)C2=O)cc1. The normalized spacial score (nSPS) is 15.3.